The highest BCUT2D eigenvalue weighted by molar-refractivity contribution is 7.99. The highest BCUT2D eigenvalue weighted by Crippen LogP contribution is 2.16. The van der Waals surface area contributed by atoms with Gasteiger partial charge in [0.2, 0.25) is 0 Å². The third-order valence-electron chi connectivity index (χ3n) is 3.01. The molecule has 0 aliphatic heterocycles. The molecule has 0 aliphatic carbocycles. The second-order valence-electron chi connectivity index (χ2n) is 4.65. The summed E-state index contributed by atoms with van der Waals surface area (Å²) >= 11 is 1.92. The third kappa shape index (κ3) is 5.97. The van der Waals surface area contributed by atoms with Crippen molar-refractivity contribution in [1.82, 2.24) is 5.32 Å². The topological polar surface area (TPSA) is 38.3 Å². The van der Waals surface area contributed by atoms with E-state index >= 15 is 0 Å². The van der Waals surface area contributed by atoms with Gasteiger partial charge in [0.15, 0.2) is 0 Å². The zero-order valence-corrected chi connectivity index (χ0v) is 13.4. The number of esters is 1. The smallest absolute Gasteiger partial charge is 0.327 e. The van der Waals surface area contributed by atoms with Gasteiger partial charge in [0, 0.05) is 6.04 Å². The highest BCUT2D eigenvalue weighted by atomic mass is 32.2. The molecule has 2 atom stereocenters. The van der Waals surface area contributed by atoms with Crippen LogP contribution in [0.1, 0.15) is 38.8 Å². The lowest BCUT2D eigenvalue weighted by Gasteiger charge is -2.22. The van der Waals surface area contributed by atoms with Crippen molar-refractivity contribution in [3.05, 3.63) is 35.9 Å². The van der Waals surface area contributed by atoms with Gasteiger partial charge in [0.25, 0.3) is 0 Å². The molecule has 20 heavy (non-hydrogen) atoms. The number of hydrogen-bond acceptors (Lipinski definition) is 4. The van der Waals surface area contributed by atoms with Crippen LogP contribution >= 0.6 is 11.8 Å². The number of ether oxygens (including phenoxy) is 1. The predicted molar refractivity (Wildman–Crippen MR) is 86.0 cm³/mol. The molecular weight excluding hydrogens is 270 g/mol. The lowest BCUT2D eigenvalue weighted by atomic mass is 10.1. The summed E-state index contributed by atoms with van der Waals surface area (Å²) in [6, 6.07) is 9.67. The van der Waals surface area contributed by atoms with Gasteiger partial charge in [-0.2, -0.15) is 11.8 Å². The summed E-state index contributed by atoms with van der Waals surface area (Å²) in [5, 5.41) is 3.39. The number of nitrogens with one attached hydrogen (secondary N) is 1. The van der Waals surface area contributed by atoms with E-state index in [2.05, 4.69) is 19.2 Å². The molecule has 0 heterocycles. The zero-order valence-electron chi connectivity index (χ0n) is 12.6. The fourth-order valence-electron chi connectivity index (χ4n) is 1.94. The van der Waals surface area contributed by atoms with Crippen LogP contribution in [0.2, 0.25) is 0 Å². The first-order chi connectivity index (χ1) is 9.69. The maximum Gasteiger partial charge on any atom is 0.327 e. The van der Waals surface area contributed by atoms with Crippen molar-refractivity contribution in [2.24, 2.45) is 0 Å². The molecule has 0 radical (unpaired) electrons. The standard InChI is InChI=1S/C16H25NO2S/c1-4-19-16(18)15(14-9-7-6-8-10-14)17-13(3)11-12-20-5-2/h6-10,13,15,17H,4-5,11-12H2,1-3H3. The molecule has 112 valence electrons. The largest absolute Gasteiger partial charge is 0.465 e. The molecule has 0 amide bonds. The van der Waals surface area contributed by atoms with E-state index in [4.69, 9.17) is 4.74 Å². The molecule has 3 nitrogen and oxygen atoms in total. The third-order valence-corrected chi connectivity index (χ3v) is 3.94. The zero-order chi connectivity index (χ0) is 14.8. The molecule has 0 spiro atoms. The van der Waals surface area contributed by atoms with Gasteiger partial charge in [-0.1, -0.05) is 37.3 Å². The Hall–Kier alpha value is -1.00. The molecule has 1 N–H and O–H groups in total. The molecule has 1 aromatic carbocycles. The Bertz CT molecular complexity index is 383. The lowest BCUT2D eigenvalue weighted by molar-refractivity contribution is -0.146. The number of carbonyl (C=O) groups is 1. The van der Waals surface area contributed by atoms with E-state index < -0.39 is 0 Å². The van der Waals surface area contributed by atoms with Crippen LogP contribution in [0, 0.1) is 0 Å². The van der Waals surface area contributed by atoms with E-state index in [1.54, 1.807) is 0 Å². The Kier molecular flexibility index (Phi) is 8.38. The van der Waals surface area contributed by atoms with Gasteiger partial charge in [0.1, 0.15) is 6.04 Å². The first-order valence-corrected chi connectivity index (χ1v) is 8.39. The Balaban J connectivity index is 2.66. The quantitative estimate of drug-likeness (QED) is 0.560. The second kappa shape index (κ2) is 9.83. The molecule has 1 aromatic rings. The van der Waals surface area contributed by atoms with Crippen LogP contribution in [0.5, 0.6) is 0 Å². The van der Waals surface area contributed by atoms with E-state index in [9.17, 15) is 4.79 Å². The van der Waals surface area contributed by atoms with Gasteiger partial charge in [-0.05, 0) is 37.3 Å². The Morgan fingerprint density at radius 3 is 2.60 bits per heavy atom. The monoisotopic (exact) mass is 295 g/mol. The summed E-state index contributed by atoms with van der Waals surface area (Å²) in [4.78, 5) is 12.1. The molecular formula is C16H25NO2S. The minimum absolute atomic E-state index is 0.200. The van der Waals surface area contributed by atoms with E-state index in [0.29, 0.717) is 6.61 Å². The van der Waals surface area contributed by atoms with Gasteiger partial charge in [0.05, 0.1) is 6.61 Å². The second-order valence-corrected chi connectivity index (χ2v) is 6.04. The Morgan fingerprint density at radius 2 is 2.00 bits per heavy atom. The first kappa shape index (κ1) is 17.1. The molecule has 0 bridgehead atoms. The number of hydrogen-bond donors (Lipinski definition) is 1. The summed E-state index contributed by atoms with van der Waals surface area (Å²) in [6.07, 6.45) is 1.04. The van der Waals surface area contributed by atoms with Crippen molar-refractivity contribution < 1.29 is 9.53 Å². The van der Waals surface area contributed by atoms with E-state index in [-0.39, 0.29) is 18.1 Å². The minimum atomic E-state index is -0.377. The van der Waals surface area contributed by atoms with Crippen molar-refractivity contribution in [2.75, 3.05) is 18.1 Å². The number of thioether (sulfide) groups is 1. The summed E-state index contributed by atoms with van der Waals surface area (Å²) in [5.41, 5.74) is 0.959. The average molecular weight is 295 g/mol. The van der Waals surface area contributed by atoms with Crippen LogP contribution in [0.3, 0.4) is 0 Å². The van der Waals surface area contributed by atoms with Crippen LogP contribution in [0.4, 0.5) is 0 Å². The number of carbonyl (C=O) groups excluding carboxylic acids is 1. The van der Waals surface area contributed by atoms with Gasteiger partial charge in [-0.15, -0.1) is 0 Å². The highest BCUT2D eigenvalue weighted by Gasteiger charge is 2.23. The van der Waals surface area contributed by atoms with E-state index in [0.717, 1.165) is 23.5 Å². The fraction of sp³-hybridized carbons (Fsp3) is 0.562. The van der Waals surface area contributed by atoms with Crippen molar-refractivity contribution in [2.45, 2.75) is 39.3 Å². The number of rotatable bonds is 9. The van der Waals surface area contributed by atoms with Crippen LogP contribution in [0.25, 0.3) is 0 Å². The maximum atomic E-state index is 12.1. The van der Waals surface area contributed by atoms with Gasteiger partial charge >= 0.3 is 5.97 Å². The summed E-state index contributed by atoms with van der Waals surface area (Å²) in [5.74, 6) is 2.04. The molecule has 1 rings (SSSR count). The molecule has 0 aromatic heterocycles. The van der Waals surface area contributed by atoms with E-state index in [1.165, 1.54) is 0 Å². The summed E-state index contributed by atoms with van der Waals surface area (Å²) in [6.45, 7) is 6.52. The molecule has 0 fully saturated rings. The normalized spacial score (nSPS) is 13.8. The molecule has 4 heteroatoms. The maximum absolute atomic E-state index is 12.1. The molecule has 0 saturated heterocycles. The Morgan fingerprint density at radius 1 is 1.30 bits per heavy atom. The molecule has 0 aliphatic rings. The van der Waals surface area contributed by atoms with Crippen molar-refractivity contribution in [1.29, 1.82) is 0 Å². The fourth-order valence-corrected chi connectivity index (χ4v) is 2.75. The minimum Gasteiger partial charge on any atom is -0.465 e. The van der Waals surface area contributed by atoms with Crippen molar-refractivity contribution in [3.8, 4) is 0 Å². The van der Waals surface area contributed by atoms with Crippen LogP contribution < -0.4 is 5.32 Å². The van der Waals surface area contributed by atoms with Gasteiger partial charge < -0.3 is 4.74 Å². The lowest BCUT2D eigenvalue weighted by Crippen LogP contribution is -2.36. The van der Waals surface area contributed by atoms with Crippen LogP contribution in [-0.2, 0) is 9.53 Å². The number of benzene rings is 1. The van der Waals surface area contributed by atoms with Crippen LogP contribution in [0.15, 0.2) is 30.3 Å². The Labute approximate surface area is 126 Å². The summed E-state index contributed by atoms with van der Waals surface area (Å²) < 4.78 is 5.18. The predicted octanol–water partition coefficient (Wildman–Crippen LogP) is 3.41. The van der Waals surface area contributed by atoms with E-state index in [1.807, 2.05) is 49.0 Å². The van der Waals surface area contributed by atoms with Gasteiger partial charge in [-0.25, -0.2) is 4.79 Å². The van der Waals surface area contributed by atoms with Crippen molar-refractivity contribution >= 4 is 17.7 Å². The first-order valence-electron chi connectivity index (χ1n) is 7.24. The van der Waals surface area contributed by atoms with Gasteiger partial charge in [-0.3, -0.25) is 5.32 Å². The SMILES string of the molecule is CCOC(=O)C(NC(C)CCSCC)c1ccccc1. The molecule has 2 unspecified atom stereocenters. The molecule has 0 saturated carbocycles. The van der Waals surface area contributed by atoms with Crippen LogP contribution in [-0.4, -0.2) is 30.1 Å². The average Bonchev–Trinajstić information content (AvgIpc) is 2.46. The summed E-state index contributed by atoms with van der Waals surface area (Å²) in [7, 11) is 0. The van der Waals surface area contributed by atoms with Crippen molar-refractivity contribution in [3.63, 3.8) is 0 Å².